The molecule has 2 atom stereocenters. The molecule has 9 heteroatoms. The Morgan fingerprint density at radius 1 is 1.12 bits per heavy atom. The maximum absolute atomic E-state index is 13.2. The summed E-state index contributed by atoms with van der Waals surface area (Å²) in [4.78, 5) is 25.4. The van der Waals surface area contributed by atoms with Crippen molar-refractivity contribution >= 4 is 17.4 Å². The van der Waals surface area contributed by atoms with E-state index in [0.29, 0.717) is 48.4 Å². The highest BCUT2D eigenvalue weighted by Gasteiger charge is 2.35. The summed E-state index contributed by atoms with van der Waals surface area (Å²) in [6.07, 6.45) is 2.43. The summed E-state index contributed by atoms with van der Waals surface area (Å²) in [6.45, 7) is 3.05. The van der Waals surface area contributed by atoms with Crippen LogP contribution in [-0.4, -0.2) is 64.8 Å². The van der Waals surface area contributed by atoms with Gasteiger partial charge in [0.1, 0.15) is 28.8 Å². The number of para-hydroxylation sites is 1. The Bertz CT molecular complexity index is 1090. The first-order valence-electron chi connectivity index (χ1n) is 10.7. The van der Waals surface area contributed by atoms with Crippen LogP contribution in [0, 0.1) is 0 Å². The number of nitrogens with two attached hydrogens (primary N) is 1. The molecular weight excluding hydrogens is 422 g/mol. The third kappa shape index (κ3) is 4.98. The van der Waals surface area contributed by atoms with Crippen LogP contribution in [0.3, 0.4) is 0 Å². The molecule has 1 fully saturated rings. The predicted molar refractivity (Wildman–Crippen MR) is 125 cm³/mol. The van der Waals surface area contributed by atoms with Crippen molar-refractivity contribution < 1.29 is 19.4 Å². The van der Waals surface area contributed by atoms with Crippen LogP contribution in [0.25, 0.3) is 0 Å². The van der Waals surface area contributed by atoms with Gasteiger partial charge in [0, 0.05) is 25.7 Å². The van der Waals surface area contributed by atoms with Crippen molar-refractivity contribution in [3.63, 3.8) is 0 Å². The Morgan fingerprint density at radius 3 is 2.58 bits per heavy atom. The van der Waals surface area contributed by atoms with Gasteiger partial charge in [-0.1, -0.05) is 18.2 Å². The Kier molecular flexibility index (Phi) is 6.60. The van der Waals surface area contributed by atoms with Gasteiger partial charge in [-0.3, -0.25) is 4.79 Å². The molecule has 3 heterocycles. The van der Waals surface area contributed by atoms with Crippen molar-refractivity contribution in [3.8, 4) is 17.2 Å². The average Bonchev–Trinajstić information content (AvgIpc) is 2.84. The van der Waals surface area contributed by atoms with Crippen molar-refractivity contribution in [1.29, 1.82) is 0 Å². The van der Waals surface area contributed by atoms with E-state index >= 15 is 0 Å². The second-order valence-corrected chi connectivity index (χ2v) is 7.83. The topological polar surface area (TPSA) is 114 Å². The van der Waals surface area contributed by atoms with Crippen molar-refractivity contribution in [3.05, 3.63) is 66.6 Å². The molecule has 0 spiro atoms. The molecule has 172 valence electrons. The fourth-order valence-electron chi connectivity index (χ4n) is 3.88. The third-order valence-corrected chi connectivity index (χ3v) is 5.60. The number of aliphatic hydroxyl groups excluding tert-OH is 1. The van der Waals surface area contributed by atoms with Crippen LogP contribution < -0.4 is 20.1 Å². The standard InChI is InChI=1S/C24H27N5O4/c1-16(30)21-15-28(20-14-27-23(25)12-22(20)32-2)10-11-29(21)24(31)19-9-8-18(13-26-19)33-17-6-4-3-5-7-17/h3-9,12-14,16,21,30H,10-11,15H2,1-2H3,(H2,25,27)/t16-,21?/m1/s1. The second kappa shape index (κ2) is 9.74. The van der Waals surface area contributed by atoms with E-state index in [1.807, 2.05) is 35.2 Å². The first-order chi connectivity index (χ1) is 16.0. The maximum atomic E-state index is 13.2. The van der Waals surface area contributed by atoms with Gasteiger partial charge in [0.15, 0.2) is 0 Å². The Labute approximate surface area is 192 Å². The number of carbonyl (C=O) groups excluding carboxylic acids is 1. The molecule has 0 aliphatic carbocycles. The first-order valence-corrected chi connectivity index (χ1v) is 10.7. The van der Waals surface area contributed by atoms with E-state index in [-0.39, 0.29) is 5.91 Å². The van der Waals surface area contributed by atoms with E-state index < -0.39 is 12.1 Å². The van der Waals surface area contributed by atoms with Crippen LogP contribution in [0.1, 0.15) is 17.4 Å². The van der Waals surface area contributed by atoms with Gasteiger partial charge < -0.3 is 30.1 Å². The van der Waals surface area contributed by atoms with E-state index in [9.17, 15) is 9.90 Å². The molecule has 2 aromatic heterocycles. The van der Waals surface area contributed by atoms with Gasteiger partial charge in [0.2, 0.25) is 0 Å². The molecule has 3 N–H and O–H groups in total. The Hall–Kier alpha value is -3.85. The summed E-state index contributed by atoms with van der Waals surface area (Å²) in [5.74, 6) is 1.95. The fourth-order valence-corrected chi connectivity index (χ4v) is 3.88. The van der Waals surface area contributed by atoms with Gasteiger partial charge in [0.25, 0.3) is 5.91 Å². The highest BCUT2D eigenvalue weighted by atomic mass is 16.5. The highest BCUT2D eigenvalue weighted by Crippen LogP contribution is 2.31. The normalized spacial score (nSPS) is 16.9. The number of carbonyl (C=O) groups is 1. The summed E-state index contributed by atoms with van der Waals surface area (Å²) < 4.78 is 11.2. The van der Waals surface area contributed by atoms with E-state index in [2.05, 4.69) is 9.97 Å². The maximum Gasteiger partial charge on any atom is 0.272 e. The molecular formula is C24H27N5O4. The number of aromatic nitrogens is 2. The molecule has 1 aromatic carbocycles. The number of aliphatic hydroxyl groups is 1. The van der Waals surface area contributed by atoms with Crippen molar-refractivity contribution in [2.45, 2.75) is 19.1 Å². The smallest absolute Gasteiger partial charge is 0.272 e. The average molecular weight is 450 g/mol. The van der Waals surface area contributed by atoms with Crippen LogP contribution in [0.5, 0.6) is 17.2 Å². The monoisotopic (exact) mass is 449 g/mol. The lowest BCUT2D eigenvalue weighted by Crippen LogP contribution is -2.59. The molecule has 1 unspecified atom stereocenters. The molecule has 0 bridgehead atoms. The highest BCUT2D eigenvalue weighted by molar-refractivity contribution is 5.93. The number of nitrogen functional groups attached to an aromatic ring is 1. The summed E-state index contributed by atoms with van der Waals surface area (Å²) in [7, 11) is 1.57. The zero-order valence-electron chi connectivity index (χ0n) is 18.6. The van der Waals surface area contributed by atoms with E-state index in [1.165, 1.54) is 6.20 Å². The minimum atomic E-state index is -0.745. The molecule has 1 saturated heterocycles. The minimum absolute atomic E-state index is 0.241. The van der Waals surface area contributed by atoms with Crippen molar-refractivity contribution in [2.75, 3.05) is 37.4 Å². The van der Waals surface area contributed by atoms with Crippen LogP contribution in [0.15, 0.2) is 60.9 Å². The van der Waals surface area contributed by atoms with Crippen molar-refractivity contribution in [2.24, 2.45) is 0 Å². The van der Waals surface area contributed by atoms with Crippen LogP contribution in [-0.2, 0) is 0 Å². The third-order valence-electron chi connectivity index (χ3n) is 5.60. The lowest BCUT2D eigenvalue weighted by Gasteiger charge is -2.43. The van der Waals surface area contributed by atoms with Gasteiger partial charge in [-0.15, -0.1) is 0 Å². The van der Waals surface area contributed by atoms with Crippen LogP contribution in [0.4, 0.5) is 11.5 Å². The number of hydrogen-bond acceptors (Lipinski definition) is 8. The number of hydrogen-bond donors (Lipinski definition) is 2. The zero-order chi connectivity index (χ0) is 23.4. The molecule has 1 aliphatic heterocycles. The molecule has 9 nitrogen and oxygen atoms in total. The Morgan fingerprint density at radius 2 is 1.91 bits per heavy atom. The molecule has 1 aliphatic rings. The van der Waals surface area contributed by atoms with Gasteiger partial charge in [-0.05, 0) is 31.2 Å². The van der Waals surface area contributed by atoms with E-state index in [4.69, 9.17) is 15.2 Å². The van der Waals surface area contributed by atoms with Gasteiger partial charge in [-0.25, -0.2) is 9.97 Å². The fraction of sp³-hybridized carbons (Fsp3) is 0.292. The molecule has 1 amide bonds. The Balaban J connectivity index is 1.49. The molecule has 33 heavy (non-hydrogen) atoms. The zero-order valence-corrected chi connectivity index (χ0v) is 18.6. The van der Waals surface area contributed by atoms with Crippen LogP contribution >= 0.6 is 0 Å². The lowest BCUT2D eigenvalue weighted by atomic mass is 10.1. The van der Waals surface area contributed by atoms with Gasteiger partial charge >= 0.3 is 0 Å². The first kappa shape index (κ1) is 22.3. The number of benzene rings is 1. The van der Waals surface area contributed by atoms with Crippen molar-refractivity contribution in [1.82, 2.24) is 14.9 Å². The summed E-state index contributed by atoms with van der Waals surface area (Å²) in [5.41, 5.74) is 6.83. The van der Waals surface area contributed by atoms with Crippen LogP contribution in [0.2, 0.25) is 0 Å². The van der Waals surface area contributed by atoms with Gasteiger partial charge in [0.05, 0.1) is 37.3 Å². The molecule has 3 aromatic rings. The number of anilines is 2. The lowest BCUT2D eigenvalue weighted by molar-refractivity contribution is 0.0367. The number of nitrogens with zero attached hydrogens (tertiary/aromatic N) is 4. The number of rotatable bonds is 6. The SMILES string of the molecule is COc1cc(N)ncc1N1CCN(C(=O)c2ccc(Oc3ccccc3)cn2)C([C@@H](C)O)C1. The predicted octanol–water partition coefficient (Wildman–Crippen LogP) is 2.57. The molecule has 4 rings (SSSR count). The summed E-state index contributed by atoms with van der Waals surface area (Å²) in [5, 5.41) is 10.5. The number of ether oxygens (including phenoxy) is 2. The summed E-state index contributed by atoms with van der Waals surface area (Å²) in [6, 6.07) is 13.9. The second-order valence-electron chi connectivity index (χ2n) is 7.83. The number of pyridine rings is 2. The number of piperazine rings is 1. The molecule has 0 radical (unpaired) electrons. The molecule has 0 saturated carbocycles. The number of amides is 1. The van der Waals surface area contributed by atoms with Gasteiger partial charge in [-0.2, -0.15) is 0 Å². The minimum Gasteiger partial charge on any atom is -0.494 e. The quantitative estimate of drug-likeness (QED) is 0.590. The van der Waals surface area contributed by atoms with E-state index in [1.54, 1.807) is 43.3 Å². The number of methoxy groups -OCH3 is 1. The van der Waals surface area contributed by atoms with E-state index in [0.717, 1.165) is 5.69 Å². The summed E-state index contributed by atoms with van der Waals surface area (Å²) >= 11 is 0. The largest absolute Gasteiger partial charge is 0.494 e.